The van der Waals surface area contributed by atoms with E-state index in [4.69, 9.17) is 0 Å². The number of nitrogens with zero attached hydrogens (tertiary/aromatic N) is 1. The molecule has 2 unspecified atom stereocenters. The van der Waals surface area contributed by atoms with Crippen molar-refractivity contribution in [2.75, 3.05) is 19.6 Å². The van der Waals surface area contributed by atoms with Crippen LogP contribution in [0.25, 0.3) is 0 Å². The van der Waals surface area contributed by atoms with E-state index in [9.17, 15) is 9.90 Å². The Kier molecular flexibility index (Phi) is 4.59. The molecule has 4 atom stereocenters. The summed E-state index contributed by atoms with van der Waals surface area (Å²) in [5, 5.41) is 14.7. The number of amides is 1. The Morgan fingerprint density at radius 2 is 1.84 bits per heavy atom. The number of benzene rings is 1. The van der Waals surface area contributed by atoms with Gasteiger partial charge in [0.15, 0.2) is 5.60 Å². The van der Waals surface area contributed by atoms with E-state index in [0.717, 1.165) is 50.9 Å². The van der Waals surface area contributed by atoms with Crippen LogP contribution in [0, 0.1) is 17.8 Å². The minimum Gasteiger partial charge on any atom is -0.375 e. The van der Waals surface area contributed by atoms with Crippen LogP contribution >= 0.6 is 0 Å². The molecule has 0 radical (unpaired) electrons. The number of carbonyl (C=O) groups is 1. The van der Waals surface area contributed by atoms with Gasteiger partial charge in [0.05, 0.1) is 0 Å². The maximum atomic E-state index is 13.2. The van der Waals surface area contributed by atoms with Crippen molar-refractivity contribution >= 4 is 5.91 Å². The van der Waals surface area contributed by atoms with E-state index in [-0.39, 0.29) is 17.9 Å². The van der Waals surface area contributed by atoms with Crippen molar-refractivity contribution < 1.29 is 9.90 Å². The lowest BCUT2D eigenvalue weighted by Crippen LogP contribution is -2.51. The van der Waals surface area contributed by atoms with Gasteiger partial charge >= 0.3 is 0 Å². The van der Waals surface area contributed by atoms with Gasteiger partial charge in [-0.15, -0.1) is 0 Å². The average Bonchev–Trinajstić information content (AvgIpc) is 3.08. The van der Waals surface area contributed by atoms with Crippen LogP contribution in [0.3, 0.4) is 0 Å². The van der Waals surface area contributed by atoms with Gasteiger partial charge in [-0.3, -0.25) is 4.79 Å². The van der Waals surface area contributed by atoms with Crippen molar-refractivity contribution in [3.8, 4) is 0 Å². The lowest BCUT2D eigenvalue weighted by molar-refractivity contribution is -0.147. The third-order valence-corrected chi connectivity index (χ3v) is 6.61. The van der Waals surface area contributed by atoms with Crippen LogP contribution in [-0.2, 0) is 10.4 Å². The van der Waals surface area contributed by atoms with E-state index in [0.29, 0.717) is 11.8 Å². The molecular formula is C21H30N2O2. The minimum atomic E-state index is -1.38. The fraction of sp³-hybridized carbons (Fsp3) is 0.667. The van der Waals surface area contributed by atoms with Crippen LogP contribution in [0.1, 0.15) is 44.6 Å². The molecule has 136 valence electrons. The molecule has 3 aliphatic rings. The fourth-order valence-corrected chi connectivity index (χ4v) is 5.18. The van der Waals surface area contributed by atoms with Crippen molar-refractivity contribution in [2.24, 2.45) is 17.8 Å². The van der Waals surface area contributed by atoms with Gasteiger partial charge in [-0.05, 0) is 43.2 Å². The Bertz CT molecular complexity index is 602. The molecule has 1 aromatic rings. The second kappa shape index (κ2) is 6.73. The van der Waals surface area contributed by atoms with Crippen molar-refractivity contribution in [1.82, 2.24) is 10.2 Å². The quantitative estimate of drug-likeness (QED) is 0.835. The summed E-state index contributed by atoms with van der Waals surface area (Å²) in [6.07, 6.45) is 5.26. The molecule has 4 heteroatoms. The van der Waals surface area contributed by atoms with Crippen LogP contribution in [0.15, 0.2) is 30.3 Å². The monoisotopic (exact) mass is 342 g/mol. The van der Waals surface area contributed by atoms with Crippen molar-refractivity contribution in [3.63, 3.8) is 0 Å². The highest BCUT2D eigenvalue weighted by Gasteiger charge is 2.58. The molecule has 2 aliphatic carbocycles. The number of aliphatic hydroxyl groups is 1. The Hall–Kier alpha value is -1.39. The van der Waals surface area contributed by atoms with Crippen molar-refractivity contribution in [2.45, 2.75) is 50.7 Å². The smallest absolute Gasteiger partial charge is 0.257 e. The number of nitrogens with one attached hydrogen (secondary N) is 1. The third-order valence-electron chi connectivity index (χ3n) is 6.61. The number of carbonyl (C=O) groups excluding carboxylic acids is 1. The molecular weight excluding hydrogens is 312 g/mol. The van der Waals surface area contributed by atoms with E-state index in [2.05, 4.69) is 17.1 Å². The van der Waals surface area contributed by atoms with E-state index >= 15 is 0 Å². The highest BCUT2D eigenvalue weighted by Crippen LogP contribution is 2.47. The zero-order valence-electron chi connectivity index (χ0n) is 15.2. The molecule has 0 aromatic heterocycles. The third kappa shape index (κ3) is 3.00. The Morgan fingerprint density at radius 3 is 2.44 bits per heavy atom. The van der Waals surface area contributed by atoms with Crippen LogP contribution in [0.2, 0.25) is 0 Å². The predicted octanol–water partition coefficient (Wildman–Crippen LogP) is 2.52. The topological polar surface area (TPSA) is 52.6 Å². The number of fused-ring (bicyclic) bond motifs is 1. The predicted molar refractivity (Wildman–Crippen MR) is 97.9 cm³/mol. The van der Waals surface area contributed by atoms with Gasteiger partial charge in [0.1, 0.15) is 0 Å². The highest BCUT2D eigenvalue weighted by atomic mass is 16.3. The van der Waals surface area contributed by atoms with Gasteiger partial charge in [-0.2, -0.15) is 0 Å². The summed E-state index contributed by atoms with van der Waals surface area (Å²) in [4.78, 5) is 15.7. The molecule has 2 saturated carbocycles. The summed E-state index contributed by atoms with van der Waals surface area (Å²) in [7, 11) is 0. The van der Waals surface area contributed by atoms with Gasteiger partial charge < -0.3 is 15.3 Å². The number of hydrogen-bond acceptors (Lipinski definition) is 3. The molecule has 4 rings (SSSR count). The van der Waals surface area contributed by atoms with Gasteiger partial charge in [0.25, 0.3) is 5.91 Å². The summed E-state index contributed by atoms with van der Waals surface area (Å²) < 4.78 is 0. The molecule has 3 fully saturated rings. The van der Waals surface area contributed by atoms with Crippen LogP contribution in [0.4, 0.5) is 0 Å². The molecule has 1 amide bonds. The zero-order valence-corrected chi connectivity index (χ0v) is 15.2. The first-order valence-electron chi connectivity index (χ1n) is 9.95. The maximum Gasteiger partial charge on any atom is 0.257 e. The minimum absolute atomic E-state index is 0.0325. The molecule has 2 N–H and O–H groups in total. The Balaban J connectivity index is 1.47. The standard InChI is InChI=1S/C21H30N2O2/c1-2-12-23-13-17-18(14-23)19(17)22-20(24)21(25,16-10-6-7-11-16)15-8-4-3-5-9-15/h3-5,8-9,16-19,25H,2,6-7,10-14H2,1H3,(H,22,24)/t17-,18+,19?,21?. The Morgan fingerprint density at radius 1 is 1.20 bits per heavy atom. The largest absolute Gasteiger partial charge is 0.375 e. The van der Waals surface area contributed by atoms with Crippen LogP contribution in [-0.4, -0.2) is 41.6 Å². The first-order valence-corrected chi connectivity index (χ1v) is 9.95. The second-order valence-corrected chi connectivity index (χ2v) is 8.20. The van der Waals surface area contributed by atoms with Gasteiger partial charge in [0, 0.05) is 25.0 Å². The summed E-state index contributed by atoms with van der Waals surface area (Å²) >= 11 is 0. The maximum absolute atomic E-state index is 13.2. The van der Waals surface area contributed by atoms with Crippen molar-refractivity contribution in [3.05, 3.63) is 35.9 Å². The molecule has 1 aliphatic heterocycles. The molecule has 0 spiro atoms. The lowest BCUT2D eigenvalue weighted by Gasteiger charge is -2.33. The van der Waals surface area contributed by atoms with Crippen LogP contribution < -0.4 is 5.32 Å². The molecule has 1 aromatic carbocycles. The zero-order chi connectivity index (χ0) is 17.4. The number of hydrogen-bond donors (Lipinski definition) is 2. The number of piperidine rings is 1. The van der Waals surface area contributed by atoms with E-state index < -0.39 is 5.60 Å². The lowest BCUT2D eigenvalue weighted by atomic mass is 9.79. The van der Waals surface area contributed by atoms with Crippen LogP contribution in [0.5, 0.6) is 0 Å². The summed E-state index contributed by atoms with van der Waals surface area (Å²) in [5.74, 6) is 1.02. The van der Waals surface area contributed by atoms with E-state index in [1.54, 1.807) is 0 Å². The second-order valence-electron chi connectivity index (χ2n) is 8.20. The SMILES string of the molecule is CCCN1C[C@@H]2C(NC(=O)C(O)(c3ccccc3)C3CCCC3)[C@@H]2C1. The summed E-state index contributed by atoms with van der Waals surface area (Å²) in [5.41, 5.74) is -0.629. The van der Waals surface area contributed by atoms with E-state index in [1.807, 2.05) is 30.3 Å². The number of likely N-dealkylation sites (tertiary alicyclic amines) is 1. The summed E-state index contributed by atoms with van der Waals surface area (Å²) in [6.45, 7) is 5.56. The molecule has 25 heavy (non-hydrogen) atoms. The first-order chi connectivity index (χ1) is 12.1. The normalized spacial score (nSPS) is 31.5. The average molecular weight is 342 g/mol. The Labute approximate surface area is 150 Å². The van der Waals surface area contributed by atoms with E-state index in [1.165, 1.54) is 6.42 Å². The fourth-order valence-electron chi connectivity index (χ4n) is 5.18. The van der Waals surface area contributed by atoms with Crippen molar-refractivity contribution in [1.29, 1.82) is 0 Å². The molecule has 1 saturated heterocycles. The first kappa shape index (κ1) is 17.0. The van der Waals surface area contributed by atoms with Gasteiger partial charge in [-0.25, -0.2) is 0 Å². The summed E-state index contributed by atoms with van der Waals surface area (Å²) in [6, 6.07) is 9.82. The van der Waals surface area contributed by atoms with Gasteiger partial charge in [-0.1, -0.05) is 50.1 Å². The molecule has 0 bridgehead atoms. The number of rotatable bonds is 6. The molecule has 4 nitrogen and oxygen atoms in total. The van der Waals surface area contributed by atoms with Gasteiger partial charge in [0.2, 0.25) is 0 Å². The molecule has 1 heterocycles. The highest BCUT2D eigenvalue weighted by molar-refractivity contribution is 5.87.